The molecule has 0 saturated heterocycles. The normalized spacial score (nSPS) is 14.7. The molecule has 0 bridgehead atoms. The van der Waals surface area contributed by atoms with Crippen LogP contribution in [-0.4, -0.2) is 7.11 Å². The number of hydrogen-bond donors (Lipinski definition) is 0. The Balaban J connectivity index is 2.61. The quantitative estimate of drug-likeness (QED) is 0.713. The predicted octanol–water partition coefficient (Wildman–Crippen LogP) is 4.57. The van der Waals surface area contributed by atoms with Crippen LogP contribution in [0.2, 0.25) is 0 Å². The Bertz CT molecular complexity index is 281. The lowest BCUT2D eigenvalue weighted by atomic mass is 9.99. The van der Waals surface area contributed by atoms with Gasteiger partial charge in [-0.15, -0.1) is 0 Å². The fraction of sp³-hybridized carbons (Fsp3) is 0.538. The van der Waals surface area contributed by atoms with Crippen LogP contribution in [0.1, 0.15) is 37.1 Å². The zero-order chi connectivity index (χ0) is 11.3. The van der Waals surface area contributed by atoms with E-state index >= 15 is 0 Å². The molecule has 2 heteroatoms. The van der Waals surface area contributed by atoms with Crippen LogP contribution < -0.4 is 4.74 Å². The summed E-state index contributed by atoms with van der Waals surface area (Å²) in [5, 5.41) is 0. The number of hydrogen-bond acceptors (Lipinski definition) is 1. The van der Waals surface area contributed by atoms with E-state index in [2.05, 4.69) is 41.9 Å². The molecule has 0 aliphatic rings. The predicted molar refractivity (Wildman–Crippen MR) is 68.7 cm³/mol. The van der Waals surface area contributed by atoms with Crippen molar-refractivity contribution >= 4 is 15.9 Å². The summed E-state index contributed by atoms with van der Waals surface area (Å²) in [5.41, 5.74) is 1.33. The SMILES string of the molecule is CCC(C)CC(Br)c1ccc(OC)cc1. The lowest BCUT2D eigenvalue weighted by Gasteiger charge is -2.14. The number of halogens is 1. The highest BCUT2D eigenvalue weighted by Crippen LogP contribution is 2.31. The van der Waals surface area contributed by atoms with Crippen molar-refractivity contribution in [1.82, 2.24) is 0 Å². The summed E-state index contributed by atoms with van der Waals surface area (Å²) in [7, 11) is 1.69. The van der Waals surface area contributed by atoms with Gasteiger partial charge in [0.15, 0.2) is 0 Å². The van der Waals surface area contributed by atoms with Crippen LogP contribution in [0.3, 0.4) is 0 Å². The first-order chi connectivity index (χ1) is 7.17. The Kier molecular flexibility index (Phi) is 5.16. The molecule has 2 unspecified atom stereocenters. The Morgan fingerprint density at radius 1 is 1.27 bits per heavy atom. The van der Waals surface area contributed by atoms with Crippen LogP contribution in [0.15, 0.2) is 24.3 Å². The third-order valence-electron chi connectivity index (χ3n) is 2.78. The molecule has 1 aromatic rings. The molecule has 0 N–H and O–H groups in total. The van der Waals surface area contributed by atoms with Gasteiger partial charge in [-0.05, 0) is 30.0 Å². The van der Waals surface area contributed by atoms with Crippen molar-refractivity contribution in [3.8, 4) is 5.75 Å². The van der Waals surface area contributed by atoms with Crippen molar-refractivity contribution in [3.63, 3.8) is 0 Å². The molecular weight excluding hydrogens is 252 g/mol. The summed E-state index contributed by atoms with van der Waals surface area (Å²) >= 11 is 3.73. The maximum atomic E-state index is 5.14. The van der Waals surface area contributed by atoms with Gasteiger partial charge in [-0.2, -0.15) is 0 Å². The minimum absolute atomic E-state index is 0.457. The Labute approximate surface area is 101 Å². The van der Waals surface area contributed by atoms with Gasteiger partial charge in [0.25, 0.3) is 0 Å². The van der Waals surface area contributed by atoms with E-state index in [4.69, 9.17) is 4.74 Å². The van der Waals surface area contributed by atoms with E-state index in [1.165, 1.54) is 18.4 Å². The number of benzene rings is 1. The van der Waals surface area contributed by atoms with E-state index in [1.807, 2.05) is 12.1 Å². The van der Waals surface area contributed by atoms with E-state index in [1.54, 1.807) is 7.11 Å². The second-order valence-corrected chi connectivity index (χ2v) is 5.10. The number of ether oxygens (including phenoxy) is 1. The molecule has 0 amide bonds. The van der Waals surface area contributed by atoms with Crippen LogP contribution in [0, 0.1) is 5.92 Å². The minimum Gasteiger partial charge on any atom is -0.497 e. The highest BCUT2D eigenvalue weighted by atomic mass is 79.9. The first-order valence-corrected chi connectivity index (χ1v) is 6.37. The van der Waals surface area contributed by atoms with Crippen LogP contribution >= 0.6 is 15.9 Å². The Hall–Kier alpha value is -0.500. The van der Waals surface area contributed by atoms with Crippen molar-refractivity contribution < 1.29 is 4.74 Å². The van der Waals surface area contributed by atoms with Gasteiger partial charge in [-0.1, -0.05) is 48.3 Å². The third kappa shape index (κ3) is 3.86. The van der Waals surface area contributed by atoms with Gasteiger partial charge in [-0.3, -0.25) is 0 Å². The molecule has 0 aliphatic heterocycles. The Morgan fingerprint density at radius 3 is 2.33 bits per heavy atom. The average molecular weight is 271 g/mol. The molecule has 1 aromatic carbocycles. The molecule has 0 aliphatic carbocycles. The topological polar surface area (TPSA) is 9.23 Å². The average Bonchev–Trinajstić information content (AvgIpc) is 2.29. The smallest absolute Gasteiger partial charge is 0.118 e. The molecule has 1 nitrogen and oxygen atoms in total. The lowest BCUT2D eigenvalue weighted by Crippen LogP contribution is -1.98. The van der Waals surface area contributed by atoms with E-state index < -0.39 is 0 Å². The highest BCUT2D eigenvalue weighted by molar-refractivity contribution is 9.09. The van der Waals surface area contributed by atoms with Crippen molar-refractivity contribution in [2.45, 2.75) is 31.5 Å². The highest BCUT2D eigenvalue weighted by Gasteiger charge is 2.10. The van der Waals surface area contributed by atoms with Gasteiger partial charge in [0.1, 0.15) is 5.75 Å². The van der Waals surface area contributed by atoms with Gasteiger partial charge in [-0.25, -0.2) is 0 Å². The van der Waals surface area contributed by atoms with Crippen LogP contribution in [0.5, 0.6) is 5.75 Å². The standard InChI is InChI=1S/C13H19BrO/c1-4-10(2)9-13(14)11-5-7-12(15-3)8-6-11/h5-8,10,13H,4,9H2,1-3H3. The van der Waals surface area contributed by atoms with Crippen molar-refractivity contribution in [2.75, 3.05) is 7.11 Å². The largest absolute Gasteiger partial charge is 0.497 e. The van der Waals surface area contributed by atoms with Gasteiger partial charge in [0.05, 0.1) is 7.11 Å². The molecular formula is C13H19BrO. The molecule has 0 aromatic heterocycles. The summed E-state index contributed by atoms with van der Waals surface area (Å²) < 4.78 is 5.14. The molecule has 2 atom stereocenters. The van der Waals surface area contributed by atoms with Gasteiger partial charge in [0.2, 0.25) is 0 Å². The molecule has 0 fully saturated rings. The molecule has 0 radical (unpaired) electrons. The summed E-state index contributed by atoms with van der Waals surface area (Å²) in [6.07, 6.45) is 2.42. The van der Waals surface area contributed by atoms with E-state index in [0.29, 0.717) is 4.83 Å². The lowest BCUT2D eigenvalue weighted by molar-refractivity contribution is 0.414. The van der Waals surface area contributed by atoms with Crippen LogP contribution in [0.25, 0.3) is 0 Å². The first-order valence-electron chi connectivity index (χ1n) is 5.45. The second-order valence-electron chi connectivity index (χ2n) is 3.99. The van der Waals surface area contributed by atoms with Crippen molar-refractivity contribution in [3.05, 3.63) is 29.8 Å². The van der Waals surface area contributed by atoms with Crippen LogP contribution in [-0.2, 0) is 0 Å². The molecule has 0 spiro atoms. The second kappa shape index (κ2) is 6.16. The maximum Gasteiger partial charge on any atom is 0.118 e. The minimum atomic E-state index is 0.457. The summed E-state index contributed by atoms with van der Waals surface area (Å²) in [4.78, 5) is 0.457. The monoisotopic (exact) mass is 270 g/mol. The number of rotatable bonds is 5. The maximum absolute atomic E-state index is 5.14. The van der Waals surface area contributed by atoms with E-state index in [0.717, 1.165) is 11.7 Å². The summed E-state index contributed by atoms with van der Waals surface area (Å²) in [6, 6.07) is 8.28. The van der Waals surface area contributed by atoms with Crippen LogP contribution in [0.4, 0.5) is 0 Å². The first kappa shape index (κ1) is 12.6. The summed E-state index contributed by atoms with van der Waals surface area (Å²) in [5.74, 6) is 1.68. The number of alkyl halides is 1. The van der Waals surface area contributed by atoms with Gasteiger partial charge in [0, 0.05) is 4.83 Å². The molecule has 84 valence electrons. The molecule has 15 heavy (non-hydrogen) atoms. The summed E-state index contributed by atoms with van der Waals surface area (Å²) in [6.45, 7) is 4.52. The van der Waals surface area contributed by atoms with Gasteiger partial charge < -0.3 is 4.74 Å². The Morgan fingerprint density at radius 2 is 1.87 bits per heavy atom. The zero-order valence-electron chi connectivity index (χ0n) is 9.66. The molecule has 0 heterocycles. The fourth-order valence-corrected chi connectivity index (χ4v) is 2.41. The third-order valence-corrected chi connectivity index (χ3v) is 3.69. The van der Waals surface area contributed by atoms with Crippen molar-refractivity contribution in [2.24, 2.45) is 5.92 Å². The molecule has 0 saturated carbocycles. The molecule has 1 rings (SSSR count). The number of methoxy groups -OCH3 is 1. The zero-order valence-corrected chi connectivity index (χ0v) is 11.3. The fourth-order valence-electron chi connectivity index (χ4n) is 1.47. The van der Waals surface area contributed by atoms with E-state index in [9.17, 15) is 0 Å². The van der Waals surface area contributed by atoms with Crippen molar-refractivity contribution in [1.29, 1.82) is 0 Å². The van der Waals surface area contributed by atoms with E-state index in [-0.39, 0.29) is 0 Å². The van der Waals surface area contributed by atoms with Gasteiger partial charge >= 0.3 is 0 Å².